The first kappa shape index (κ1) is 9.57. The molecule has 1 aromatic rings. The van der Waals surface area contributed by atoms with Gasteiger partial charge in [0.1, 0.15) is 0 Å². The minimum absolute atomic E-state index is 0.313. The van der Waals surface area contributed by atoms with Crippen molar-refractivity contribution in [3.05, 3.63) is 29.3 Å². The maximum atomic E-state index is 3.56. The second kappa shape index (κ2) is 3.01. The van der Waals surface area contributed by atoms with E-state index in [2.05, 4.69) is 51.2 Å². The van der Waals surface area contributed by atoms with Crippen LogP contribution in [0.5, 0.6) is 0 Å². The summed E-state index contributed by atoms with van der Waals surface area (Å²) in [6.07, 6.45) is 1.21. The normalized spacial score (nSPS) is 23.9. The van der Waals surface area contributed by atoms with Crippen molar-refractivity contribution in [2.75, 3.05) is 5.32 Å². The number of anilines is 1. The highest BCUT2D eigenvalue weighted by Crippen LogP contribution is 2.38. The number of benzene rings is 1. The zero-order valence-electron chi connectivity index (χ0n) is 9.52. The van der Waals surface area contributed by atoms with E-state index in [0.717, 1.165) is 0 Å². The molecule has 1 atom stereocenters. The fourth-order valence-electron chi connectivity index (χ4n) is 2.56. The summed E-state index contributed by atoms with van der Waals surface area (Å²) >= 11 is 0. The Hall–Kier alpha value is -0.980. The monoisotopic (exact) mass is 189 g/mol. The molecular weight excluding hydrogens is 170 g/mol. The van der Waals surface area contributed by atoms with E-state index in [1.54, 1.807) is 0 Å². The van der Waals surface area contributed by atoms with E-state index in [9.17, 15) is 0 Å². The third kappa shape index (κ3) is 1.52. The van der Waals surface area contributed by atoms with Gasteiger partial charge in [-0.3, -0.25) is 0 Å². The van der Waals surface area contributed by atoms with E-state index >= 15 is 0 Å². The lowest BCUT2D eigenvalue weighted by molar-refractivity contribution is 0.434. The highest BCUT2D eigenvalue weighted by molar-refractivity contribution is 5.58. The molecule has 1 N–H and O–H groups in total. The van der Waals surface area contributed by atoms with E-state index in [4.69, 9.17) is 0 Å². The largest absolute Gasteiger partial charge is 0.382 e. The molecule has 0 radical (unpaired) electrons. The van der Waals surface area contributed by atoms with Crippen LogP contribution in [0.3, 0.4) is 0 Å². The first-order valence-electron chi connectivity index (χ1n) is 5.37. The number of hydrogen-bond donors (Lipinski definition) is 1. The van der Waals surface area contributed by atoms with Gasteiger partial charge < -0.3 is 5.32 Å². The fourth-order valence-corrected chi connectivity index (χ4v) is 2.56. The molecule has 0 fully saturated rings. The van der Waals surface area contributed by atoms with Crippen molar-refractivity contribution >= 4 is 5.69 Å². The summed E-state index contributed by atoms with van der Waals surface area (Å²) in [6, 6.07) is 7.31. The van der Waals surface area contributed by atoms with Crippen LogP contribution in [0.15, 0.2) is 18.2 Å². The molecule has 0 aromatic heterocycles. The molecule has 1 heteroatoms. The summed E-state index contributed by atoms with van der Waals surface area (Å²) in [5.74, 6) is 0. The zero-order valence-corrected chi connectivity index (χ0v) is 9.52. The first-order valence-corrected chi connectivity index (χ1v) is 5.37. The highest BCUT2D eigenvalue weighted by Gasteiger charge is 2.30. The Morgan fingerprint density at radius 3 is 2.79 bits per heavy atom. The van der Waals surface area contributed by atoms with Crippen LogP contribution in [0, 0.1) is 6.92 Å². The summed E-state index contributed by atoms with van der Waals surface area (Å²) < 4.78 is 0. The molecule has 76 valence electrons. The van der Waals surface area contributed by atoms with Crippen molar-refractivity contribution in [1.29, 1.82) is 0 Å². The van der Waals surface area contributed by atoms with Crippen molar-refractivity contribution in [2.24, 2.45) is 0 Å². The first-order chi connectivity index (χ1) is 6.49. The maximum Gasteiger partial charge on any atom is 0.0382 e. The van der Waals surface area contributed by atoms with Gasteiger partial charge in [0.2, 0.25) is 0 Å². The Balaban J connectivity index is 2.52. The Bertz CT molecular complexity index is 352. The molecular formula is C13H19N. The molecule has 0 amide bonds. The lowest BCUT2D eigenvalue weighted by atomic mass is 9.75. The third-order valence-electron chi connectivity index (χ3n) is 3.12. The van der Waals surface area contributed by atoms with Crippen molar-refractivity contribution in [2.45, 2.75) is 45.6 Å². The Kier molecular flexibility index (Phi) is 2.06. The van der Waals surface area contributed by atoms with Gasteiger partial charge in [-0.2, -0.15) is 0 Å². The minimum Gasteiger partial charge on any atom is -0.382 e. The van der Waals surface area contributed by atoms with Gasteiger partial charge in [-0.15, -0.1) is 0 Å². The molecule has 0 saturated heterocycles. The quantitative estimate of drug-likeness (QED) is 0.659. The molecule has 0 saturated carbocycles. The molecule has 0 aliphatic carbocycles. The maximum absolute atomic E-state index is 3.56. The van der Waals surface area contributed by atoms with Crippen molar-refractivity contribution < 1.29 is 0 Å². The molecule has 0 bridgehead atoms. The van der Waals surface area contributed by atoms with Crippen LogP contribution >= 0.6 is 0 Å². The van der Waals surface area contributed by atoms with Crippen LogP contribution in [0.4, 0.5) is 5.69 Å². The molecule has 1 nitrogen and oxygen atoms in total. The average molecular weight is 189 g/mol. The Morgan fingerprint density at radius 2 is 2.07 bits per heavy atom. The number of hydrogen-bond acceptors (Lipinski definition) is 1. The summed E-state index contributed by atoms with van der Waals surface area (Å²) in [6.45, 7) is 9.07. The van der Waals surface area contributed by atoms with Gasteiger partial charge in [-0.1, -0.05) is 26.0 Å². The van der Waals surface area contributed by atoms with Crippen molar-refractivity contribution in [1.82, 2.24) is 0 Å². The van der Waals surface area contributed by atoms with Gasteiger partial charge in [-0.25, -0.2) is 0 Å². The molecule has 1 aliphatic rings. The van der Waals surface area contributed by atoms with E-state index < -0.39 is 0 Å². The van der Waals surface area contributed by atoms with Gasteiger partial charge in [0.25, 0.3) is 0 Å². The number of aryl methyl sites for hydroxylation is 1. The van der Waals surface area contributed by atoms with Crippen LogP contribution in [0.25, 0.3) is 0 Å². The second-order valence-corrected chi connectivity index (χ2v) is 5.18. The lowest BCUT2D eigenvalue weighted by Gasteiger charge is -2.37. The summed E-state index contributed by atoms with van der Waals surface area (Å²) in [4.78, 5) is 0. The van der Waals surface area contributed by atoms with Crippen molar-refractivity contribution in [3.63, 3.8) is 0 Å². The molecule has 2 rings (SSSR count). The fraction of sp³-hybridized carbons (Fsp3) is 0.538. The van der Waals surface area contributed by atoms with Crippen LogP contribution in [0.1, 0.15) is 38.3 Å². The van der Waals surface area contributed by atoms with Gasteiger partial charge in [0.05, 0.1) is 0 Å². The van der Waals surface area contributed by atoms with E-state index in [1.165, 1.54) is 23.2 Å². The molecule has 1 heterocycles. The third-order valence-corrected chi connectivity index (χ3v) is 3.12. The van der Waals surface area contributed by atoms with Crippen LogP contribution in [-0.2, 0) is 5.41 Å². The van der Waals surface area contributed by atoms with Gasteiger partial charge >= 0.3 is 0 Å². The highest BCUT2D eigenvalue weighted by atomic mass is 14.9. The number of rotatable bonds is 0. The standard InChI is InChI=1S/C13H19N/c1-9-5-6-11-12(7-9)14-10(2)8-13(11,3)4/h5-7,10,14H,8H2,1-4H3. The Morgan fingerprint density at radius 1 is 1.36 bits per heavy atom. The van der Waals surface area contributed by atoms with Crippen molar-refractivity contribution in [3.8, 4) is 0 Å². The zero-order chi connectivity index (χ0) is 10.3. The molecule has 0 spiro atoms. The smallest absolute Gasteiger partial charge is 0.0382 e. The van der Waals surface area contributed by atoms with Gasteiger partial charge in [0.15, 0.2) is 0 Å². The predicted molar refractivity (Wildman–Crippen MR) is 61.9 cm³/mol. The SMILES string of the molecule is Cc1ccc2c(c1)NC(C)CC2(C)C. The summed E-state index contributed by atoms with van der Waals surface area (Å²) in [5.41, 5.74) is 4.43. The van der Waals surface area contributed by atoms with Crippen LogP contribution in [0.2, 0.25) is 0 Å². The molecule has 1 unspecified atom stereocenters. The molecule has 1 aromatic carbocycles. The Labute approximate surface area is 86.5 Å². The minimum atomic E-state index is 0.313. The van der Waals surface area contributed by atoms with E-state index in [0.29, 0.717) is 11.5 Å². The topological polar surface area (TPSA) is 12.0 Å². The predicted octanol–water partition coefficient (Wildman–Crippen LogP) is 3.48. The lowest BCUT2D eigenvalue weighted by Crippen LogP contribution is -2.34. The molecule has 1 aliphatic heterocycles. The van der Waals surface area contributed by atoms with E-state index in [1.807, 2.05) is 0 Å². The second-order valence-electron chi connectivity index (χ2n) is 5.18. The van der Waals surface area contributed by atoms with Crippen LogP contribution in [-0.4, -0.2) is 6.04 Å². The van der Waals surface area contributed by atoms with Gasteiger partial charge in [-0.05, 0) is 42.9 Å². The van der Waals surface area contributed by atoms with Crippen LogP contribution < -0.4 is 5.32 Å². The average Bonchev–Trinajstić information content (AvgIpc) is 2.00. The molecule has 14 heavy (non-hydrogen) atoms. The van der Waals surface area contributed by atoms with E-state index in [-0.39, 0.29) is 0 Å². The number of fused-ring (bicyclic) bond motifs is 1. The van der Waals surface area contributed by atoms with Gasteiger partial charge in [0, 0.05) is 11.7 Å². The summed E-state index contributed by atoms with van der Waals surface area (Å²) in [5, 5.41) is 3.56. The number of nitrogens with one attached hydrogen (secondary N) is 1. The summed E-state index contributed by atoms with van der Waals surface area (Å²) in [7, 11) is 0.